The standard InChI is InChI=1S/C20H16ClN5O2S/c1-13-2-4-14(5-3-13)15-6-9-17(10-7-15)29(27,28)24-19-11-8-16(21)12-18(19)20-22-25-26-23-20/h2-12,24H,1H3,(H,22,23,25,26). The minimum absolute atomic E-state index is 0.141. The first kappa shape index (κ1) is 19.1. The molecule has 0 unspecified atom stereocenters. The van der Waals surface area contributed by atoms with E-state index in [2.05, 4.69) is 25.3 Å². The fourth-order valence-electron chi connectivity index (χ4n) is 2.84. The summed E-state index contributed by atoms with van der Waals surface area (Å²) in [5, 5.41) is 14.1. The van der Waals surface area contributed by atoms with Gasteiger partial charge in [-0.2, -0.15) is 5.21 Å². The number of rotatable bonds is 5. The number of H-pyrrole nitrogens is 1. The first-order chi connectivity index (χ1) is 13.9. The van der Waals surface area contributed by atoms with Gasteiger partial charge in [0.15, 0.2) is 0 Å². The lowest BCUT2D eigenvalue weighted by atomic mass is 10.0. The van der Waals surface area contributed by atoms with Crippen LogP contribution in [0.4, 0.5) is 5.69 Å². The van der Waals surface area contributed by atoms with Gasteiger partial charge in [-0.3, -0.25) is 4.72 Å². The van der Waals surface area contributed by atoms with Gasteiger partial charge in [-0.1, -0.05) is 53.6 Å². The number of nitrogens with zero attached hydrogens (tertiary/aromatic N) is 3. The van der Waals surface area contributed by atoms with Crippen LogP contribution in [-0.2, 0) is 10.0 Å². The van der Waals surface area contributed by atoms with Crippen molar-refractivity contribution in [2.45, 2.75) is 11.8 Å². The van der Waals surface area contributed by atoms with Gasteiger partial charge >= 0.3 is 0 Å². The second kappa shape index (κ2) is 7.65. The molecule has 0 bridgehead atoms. The molecule has 2 N–H and O–H groups in total. The average molecular weight is 426 g/mol. The smallest absolute Gasteiger partial charge is 0.261 e. The van der Waals surface area contributed by atoms with Crippen LogP contribution in [0, 0.1) is 6.92 Å². The maximum Gasteiger partial charge on any atom is 0.261 e. The lowest BCUT2D eigenvalue weighted by Crippen LogP contribution is -2.13. The highest BCUT2D eigenvalue weighted by Gasteiger charge is 2.18. The lowest BCUT2D eigenvalue weighted by Gasteiger charge is -2.12. The SMILES string of the molecule is Cc1ccc(-c2ccc(S(=O)(=O)Nc3ccc(Cl)cc3-c3nn[nH]n3)cc2)cc1. The van der Waals surface area contributed by atoms with Crippen molar-refractivity contribution in [1.82, 2.24) is 20.6 Å². The van der Waals surface area contributed by atoms with Crippen molar-refractivity contribution < 1.29 is 8.42 Å². The number of aryl methyl sites for hydroxylation is 1. The number of tetrazole rings is 1. The van der Waals surface area contributed by atoms with Crippen molar-refractivity contribution in [3.05, 3.63) is 77.3 Å². The van der Waals surface area contributed by atoms with E-state index in [0.717, 1.165) is 16.7 Å². The minimum atomic E-state index is -3.82. The van der Waals surface area contributed by atoms with Gasteiger partial charge in [-0.25, -0.2) is 8.42 Å². The number of anilines is 1. The number of hydrogen-bond acceptors (Lipinski definition) is 5. The van der Waals surface area contributed by atoms with E-state index in [1.54, 1.807) is 42.5 Å². The molecule has 4 rings (SSSR count). The zero-order chi connectivity index (χ0) is 20.4. The van der Waals surface area contributed by atoms with Crippen LogP contribution in [0.3, 0.4) is 0 Å². The molecule has 0 fully saturated rings. The largest absolute Gasteiger partial charge is 0.279 e. The molecule has 0 atom stereocenters. The van der Waals surface area contributed by atoms with E-state index in [1.807, 2.05) is 31.2 Å². The Bertz CT molecular complexity index is 1240. The summed E-state index contributed by atoms with van der Waals surface area (Å²) in [6, 6.07) is 19.5. The van der Waals surface area contributed by atoms with Gasteiger partial charge in [-0.05, 0) is 53.6 Å². The lowest BCUT2D eigenvalue weighted by molar-refractivity contribution is 0.601. The quantitative estimate of drug-likeness (QED) is 0.496. The molecule has 0 aliphatic rings. The Balaban J connectivity index is 1.64. The number of benzene rings is 3. The Morgan fingerprint density at radius 2 is 1.59 bits per heavy atom. The van der Waals surface area contributed by atoms with Crippen molar-refractivity contribution in [2.24, 2.45) is 0 Å². The second-order valence-corrected chi connectivity index (χ2v) is 8.54. The van der Waals surface area contributed by atoms with E-state index in [4.69, 9.17) is 11.6 Å². The third-order valence-corrected chi connectivity index (χ3v) is 5.98. The molecule has 1 heterocycles. The maximum absolute atomic E-state index is 12.9. The zero-order valence-corrected chi connectivity index (χ0v) is 16.9. The summed E-state index contributed by atoms with van der Waals surface area (Å²) in [4.78, 5) is 0.141. The Labute approximate surface area is 172 Å². The van der Waals surface area contributed by atoms with E-state index >= 15 is 0 Å². The van der Waals surface area contributed by atoms with Gasteiger partial charge in [0, 0.05) is 10.6 Å². The van der Waals surface area contributed by atoms with Gasteiger partial charge in [0.1, 0.15) is 0 Å². The average Bonchev–Trinajstić information content (AvgIpc) is 3.25. The highest BCUT2D eigenvalue weighted by atomic mass is 35.5. The Morgan fingerprint density at radius 3 is 2.21 bits per heavy atom. The Morgan fingerprint density at radius 1 is 0.931 bits per heavy atom. The predicted octanol–water partition coefficient (Wildman–Crippen LogP) is 4.30. The molecule has 0 spiro atoms. The van der Waals surface area contributed by atoms with Crippen LogP contribution >= 0.6 is 11.6 Å². The summed E-state index contributed by atoms with van der Waals surface area (Å²) in [5.74, 6) is 0.236. The van der Waals surface area contributed by atoms with E-state index in [0.29, 0.717) is 16.3 Å². The second-order valence-electron chi connectivity index (χ2n) is 6.42. The Hall–Kier alpha value is -3.23. The number of nitrogens with one attached hydrogen (secondary N) is 2. The van der Waals surface area contributed by atoms with Crippen LogP contribution in [-0.4, -0.2) is 29.0 Å². The first-order valence-electron chi connectivity index (χ1n) is 8.66. The molecule has 146 valence electrons. The van der Waals surface area contributed by atoms with Crippen molar-refractivity contribution in [2.75, 3.05) is 4.72 Å². The fraction of sp³-hybridized carbons (Fsp3) is 0.0500. The van der Waals surface area contributed by atoms with Crippen molar-refractivity contribution >= 4 is 27.3 Å². The van der Waals surface area contributed by atoms with Gasteiger partial charge < -0.3 is 0 Å². The van der Waals surface area contributed by atoms with Gasteiger partial charge in [0.25, 0.3) is 10.0 Å². The van der Waals surface area contributed by atoms with E-state index < -0.39 is 10.0 Å². The van der Waals surface area contributed by atoms with Gasteiger partial charge in [0.2, 0.25) is 5.82 Å². The molecule has 0 aliphatic heterocycles. The molecule has 7 nitrogen and oxygen atoms in total. The van der Waals surface area contributed by atoms with Gasteiger partial charge in [-0.15, -0.1) is 10.2 Å². The highest BCUT2D eigenvalue weighted by Crippen LogP contribution is 2.30. The topological polar surface area (TPSA) is 101 Å². The van der Waals surface area contributed by atoms with Crippen LogP contribution in [0.1, 0.15) is 5.56 Å². The Kier molecular flexibility index (Phi) is 5.04. The molecule has 0 saturated heterocycles. The summed E-state index contributed by atoms with van der Waals surface area (Å²) in [7, 11) is -3.82. The monoisotopic (exact) mass is 425 g/mol. The number of aromatic nitrogens is 4. The molecule has 0 saturated carbocycles. The predicted molar refractivity (Wildman–Crippen MR) is 112 cm³/mol. The van der Waals surface area contributed by atoms with Crippen LogP contribution < -0.4 is 4.72 Å². The number of sulfonamides is 1. The highest BCUT2D eigenvalue weighted by molar-refractivity contribution is 7.92. The van der Waals surface area contributed by atoms with Crippen molar-refractivity contribution in [1.29, 1.82) is 0 Å². The van der Waals surface area contributed by atoms with E-state index in [9.17, 15) is 8.42 Å². The van der Waals surface area contributed by atoms with Crippen LogP contribution in [0.2, 0.25) is 5.02 Å². The summed E-state index contributed by atoms with van der Waals surface area (Å²) >= 11 is 6.04. The molecule has 0 amide bonds. The van der Waals surface area contributed by atoms with Crippen LogP contribution in [0.15, 0.2) is 71.6 Å². The third-order valence-electron chi connectivity index (χ3n) is 4.36. The summed E-state index contributed by atoms with van der Waals surface area (Å²) in [6.45, 7) is 2.02. The summed E-state index contributed by atoms with van der Waals surface area (Å²) < 4.78 is 28.4. The van der Waals surface area contributed by atoms with E-state index in [1.165, 1.54) is 0 Å². The third kappa shape index (κ3) is 4.13. The normalized spacial score (nSPS) is 11.4. The summed E-state index contributed by atoms with van der Waals surface area (Å²) in [5.41, 5.74) is 3.84. The molecule has 0 radical (unpaired) electrons. The molecular formula is C20H16ClN5O2S. The molecule has 1 aromatic heterocycles. The molecule has 4 aromatic rings. The van der Waals surface area contributed by atoms with E-state index in [-0.39, 0.29) is 10.7 Å². The van der Waals surface area contributed by atoms with Gasteiger partial charge in [0.05, 0.1) is 10.6 Å². The fourth-order valence-corrected chi connectivity index (χ4v) is 4.09. The van der Waals surface area contributed by atoms with Crippen LogP contribution in [0.25, 0.3) is 22.5 Å². The first-order valence-corrected chi connectivity index (χ1v) is 10.5. The maximum atomic E-state index is 12.9. The number of hydrogen-bond donors (Lipinski definition) is 2. The number of halogens is 1. The molecule has 9 heteroatoms. The summed E-state index contributed by atoms with van der Waals surface area (Å²) in [6.07, 6.45) is 0. The van der Waals surface area contributed by atoms with Crippen LogP contribution in [0.5, 0.6) is 0 Å². The molecular weight excluding hydrogens is 410 g/mol. The van der Waals surface area contributed by atoms with Crippen molar-refractivity contribution in [3.8, 4) is 22.5 Å². The molecule has 0 aliphatic carbocycles. The number of aromatic amines is 1. The molecule has 29 heavy (non-hydrogen) atoms. The minimum Gasteiger partial charge on any atom is -0.279 e. The zero-order valence-electron chi connectivity index (χ0n) is 15.3. The van der Waals surface area contributed by atoms with Crippen molar-refractivity contribution in [3.63, 3.8) is 0 Å². The molecule has 3 aromatic carbocycles.